The van der Waals surface area contributed by atoms with Crippen molar-refractivity contribution in [3.8, 4) is 0 Å². The zero-order chi connectivity index (χ0) is 17.4. The SMILES string of the molecule is O=C(O)c1cccc(C(=O)O)c1.c1ccc(N2CCNCC2)cc1. The summed E-state index contributed by atoms with van der Waals surface area (Å²) in [6.07, 6.45) is 0. The number of rotatable bonds is 3. The van der Waals surface area contributed by atoms with Gasteiger partial charge in [-0.25, -0.2) is 9.59 Å². The molecule has 1 fully saturated rings. The van der Waals surface area contributed by atoms with E-state index in [4.69, 9.17) is 10.2 Å². The van der Waals surface area contributed by atoms with Crippen LogP contribution in [0, 0.1) is 0 Å². The summed E-state index contributed by atoms with van der Waals surface area (Å²) >= 11 is 0. The monoisotopic (exact) mass is 328 g/mol. The third-order valence-electron chi connectivity index (χ3n) is 3.59. The van der Waals surface area contributed by atoms with E-state index in [9.17, 15) is 9.59 Å². The van der Waals surface area contributed by atoms with Crippen molar-refractivity contribution in [3.63, 3.8) is 0 Å². The molecule has 3 N–H and O–H groups in total. The van der Waals surface area contributed by atoms with Crippen LogP contribution >= 0.6 is 0 Å². The first-order valence-electron chi connectivity index (χ1n) is 7.65. The van der Waals surface area contributed by atoms with Gasteiger partial charge in [0.1, 0.15) is 0 Å². The fourth-order valence-corrected chi connectivity index (χ4v) is 2.35. The average Bonchev–Trinajstić information content (AvgIpc) is 2.64. The highest BCUT2D eigenvalue weighted by atomic mass is 16.4. The Morgan fingerprint density at radius 1 is 0.833 bits per heavy atom. The number of nitrogens with zero attached hydrogens (tertiary/aromatic N) is 1. The van der Waals surface area contributed by atoms with Crippen molar-refractivity contribution in [3.05, 3.63) is 65.7 Å². The van der Waals surface area contributed by atoms with Gasteiger partial charge in [-0.3, -0.25) is 0 Å². The van der Waals surface area contributed by atoms with Gasteiger partial charge in [-0.2, -0.15) is 0 Å². The molecule has 126 valence electrons. The van der Waals surface area contributed by atoms with Crippen LogP contribution < -0.4 is 10.2 Å². The maximum Gasteiger partial charge on any atom is 0.335 e. The third kappa shape index (κ3) is 5.10. The van der Waals surface area contributed by atoms with Crippen LogP contribution in [0.5, 0.6) is 0 Å². The van der Waals surface area contributed by atoms with Crippen molar-refractivity contribution >= 4 is 17.6 Å². The summed E-state index contributed by atoms with van der Waals surface area (Å²) in [6.45, 7) is 4.47. The highest BCUT2D eigenvalue weighted by Gasteiger charge is 2.08. The molecule has 0 spiro atoms. The van der Waals surface area contributed by atoms with Gasteiger partial charge in [-0.1, -0.05) is 24.3 Å². The predicted molar refractivity (Wildman–Crippen MR) is 91.9 cm³/mol. The number of benzene rings is 2. The minimum absolute atomic E-state index is 0.0186. The van der Waals surface area contributed by atoms with E-state index < -0.39 is 11.9 Å². The minimum atomic E-state index is -1.13. The Morgan fingerprint density at radius 2 is 1.38 bits per heavy atom. The molecule has 6 nitrogen and oxygen atoms in total. The lowest BCUT2D eigenvalue weighted by Crippen LogP contribution is -2.43. The van der Waals surface area contributed by atoms with E-state index in [0.717, 1.165) is 32.2 Å². The molecule has 0 amide bonds. The maximum atomic E-state index is 10.4. The Morgan fingerprint density at radius 3 is 1.88 bits per heavy atom. The maximum absolute atomic E-state index is 10.4. The third-order valence-corrected chi connectivity index (χ3v) is 3.59. The molecule has 1 saturated heterocycles. The molecule has 0 bridgehead atoms. The molecule has 1 aliphatic heterocycles. The smallest absolute Gasteiger partial charge is 0.335 e. The van der Waals surface area contributed by atoms with Gasteiger partial charge < -0.3 is 20.4 Å². The highest BCUT2D eigenvalue weighted by molar-refractivity contribution is 5.93. The number of carboxylic acids is 2. The standard InChI is InChI=1S/C10H14N2.C8H6O4/c1-2-4-10(5-3-1)12-8-6-11-7-9-12;9-7(10)5-2-1-3-6(4-5)8(11)12/h1-5,11H,6-9H2;1-4H,(H,9,10)(H,11,12). The first kappa shape index (κ1) is 17.5. The predicted octanol–water partition coefficient (Wildman–Crippen LogP) is 2.18. The van der Waals surface area contributed by atoms with Crippen molar-refractivity contribution in [2.75, 3.05) is 31.1 Å². The lowest BCUT2D eigenvalue weighted by Gasteiger charge is -2.29. The zero-order valence-electron chi connectivity index (χ0n) is 13.2. The van der Waals surface area contributed by atoms with Crippen LogP contribution in [0.1, 0.15) is 20.7 Å². The van der Waals surface area contributed by atoms with E-state index in [1.165, 1.54) is 23.9 Å². The molecule has 3 rings (SSSR count). The molecule has 0 radical (unpaired) electrons. The Balaban J connectivity index is 0.000000174. The Labute approximate surface area is 140 Å². The summed E-state index contributed by atoms with van der Waals surface area (Å²) in [7, 11) is 0. The highest BCUT2D eigenvalue weighted by Crippen LogP contribution is 2.12. The number of para-hydroxylation sites is 1. The summed E-state index contributed by atoms with van der Waals surface area (Å²) in [5.41, 5.74) is 1.31. The fraction of sp³-hybridized carbons (Fsp3) is 0.222. The molecule has 0 atom stereocenters. The molecule has 2 aromatic rings. The van der Waals surface area contributed by atoms with Crippen LogP contribution in [0.4, 0.5) is 5.69 Å². The number of piperazine rings is 1. The van der Waals surface area contributed by atoms with Gasteiger partial charge in [0.25, 0.3) is 0 Å². The molecular formula is C18H20N2O4. The number of carbonyl (C=O) groups is 2. The normalized spacial score (nSPS) is 13.6. The van der Waals surface area contributed by atoms with Gasteiger partial charge >= 0.3 is 11.9 Å². The Hall–Kier alpha value is -2.86. The van der Waals surface area contributed by atoms with Crippen LogP contribution in [0.3, 0.4) is 0 Å². The lowest BCUT2D eigenvalue weighted by atomic mass is 10.1. The molecule has 2 aromatic carbocycles. The van der Waals surface area contributed by atoms with Crippen LogP contribution in [-0.2, 0) is 0 Å². The van der Waals surface area contributed by atoms with Crippen molar-refractivity contribution in [2.24, 2.45) is 0 Å². The van der Waals surface area contributed by atoms with Crippen molar-refractivity contribution in [2.45, 2.75) is 0 Å². The van der Waals surface area contributed by atoms with E-state index >= 15 is 0 Å². The summed E-state index contributed by atoms with van der Waals surface area (Å²) < 4.78 is 0. The lowest BCUT2D eigenvalue weighted by molar-refractivity contribution is 0.0696. The average molecular weight is 328 g/mol. The van der Waals surface area contributed by atoms with Gasteiger partial charge in [0.15, 0.2) is 0 Å². The number of anilines is 1. The second-order valence-corrected chi connectivity index (χ2v) is 5.26. The van der Waals surface area contributed by atoms with E-state index in [2.05, 4.69) is 40.5 Å². The van der Waals surface area contributed by atoms with Gasteiger partial charge in [-0.05, 0) is 30.3 Å². The van der Waals surface area contributed by atoms with Crippen molar-refractivity contribution in [1.29, 1.82) is 0 Å². The molecule has 6 heteroatoms. The number of nitrogens with one attached hydrogen (secondary N) is 1. The van der Waals surface area contributed by atoms with Gasteiger partial charge in [-0.15, -0.1) is 0 Å². The van der Waals surface area contributed by atoms with Crippen LogP contribution in [0.2, 0.25) is 0 Å². The number of hydrogen-bond acceptors (Lipinski definition) is 4. The minimum Gasteiger partial charge on any atom is -0.478 e. The van der Waals surface area contributed by atoms with E-state index in [0.29, 0.717) is 0 Å². The molecule has 1 heterocycles. The second-order valence-electron chi connectivity index (χ2n) is 5.26. The largest absolute Gasteiger partial charge is 0.478 e. The Bertz CT molecular complexity index is 653. The summed E-state index contributed by atoms with van der Waals surface area (Å²) in [5, 5.41) is 20.3. The van der Waals surface area contributed by atoms with E-state index in [1.807, 2.05) is 0 Å². The Kier molecular flexibility index (Phi) is 6.33. The molecular weight excluding hydrogens is 308 g/mol. The quantitative estimate of drug-likeness (QED) is 0.800. The van der Waals surface area contributed by atoms with Crippen molar-refractivity contribution in [1.82, 2.24) is 5.32 Å². The van der Waals surface area contributed by atoms with E-state index in [-0.39, 0.29) is 11.1 Å². The summed E-state index contributed by atoms with van der Waals surface area (Å²) in [4.78, 5) is 23.2. The molecule has 0 aliphatic carbocycles. The zero-order valence-corrected chi connectivity index (χ0v) is 13.2. The molecule has 24 heavy (non-hydrogen) atoms. The van der Waals surface area contributed by atoms with Crippen LogP contribution in [-0.4, -0.2) is 48.3 Å². The fourth-order valence-electron chi connectivity index (χ4n) is 2.35. The van der Waals surface area contributed by atoms with Crippen LogP contribution in [0.25, 0.3) is 0 Å². The van der Waals surface area contributed by atoms with Gasteiger partial charge in [0.05, 0.1) is 11.1 Å². The molecule has 0 saturated carbocycles. The first-order valence-corrected chi connectivity index (χ1v) is 7.65. The van der Waals surface area contributed by atoms with Gasteiger partial charge in [0.2, 0.25) is 0 Å². The number of hydrogen-bond donors (Lipinski definition) is 3. The number of carboxylic acid groups (broad SMARTS) is 2. The van der Waals surface area contributed by atoms with Crippen LogP contribution in [0.15, 0.2) is 54.6 Å². The summed E-state index contributed by atoms with van der Waals surface area (Å²) in [5.74, 6) is -2.25. The summed E-state index contributed by atoms with van der Waals surface area (Å²) in [6, 6.07) is 15.8. The second kappa shape index (κ2) is 8.69. The van der Waals surface area contributed by atoms with Crippen molar-refractivity contribution < 1.29 is 19.8 Å². The number of aromatic carboxylic acids is 2. The molecule has 0 aromatic heterocycles. The topological polar surface area (TPSA) is 89.9 Å². The molecule has 0 unspecified atom stereocenters. The molecule has 1 aliphatic rings. The first-order chi connectivity index (χ1) is 11.6. The van der Waals surface area contributed by atoms with Gasteiger partial charge in [0, 0.05) is 31.9 Å². The van der Waals surface area contributed by atoms with E-state index in [1.54, 1.807) is 0 Å².